The molecule has 1 aliphatic rings. The Bertz CT molecular complexity index is 932. The first-order valence-corrected chi connectivity index (χ1v) is 22.6. The molecule has 8 atom stereocenters. The normalized spacial score (nSPS) is 24.8. The average Bonchev–Trinajstić information content (AvgIpc) is 3.12. The molecule has 14 heteroatoms. The van der Waals surface area contributed by atoms with E-state index in [1.54, 1.807) is 0 Å². The van der Waals surface area contributed by atoms with E-state index in [1.165, 1.54) is 89.9 Å². The molecular weight excluding hydrogens is 705 g/mol. The Morgan fingerprint density at radius 2 is 0.943 bits per heavy atom. The van der Waals surface area contributed by atoms with Crippen LogP contribution in [0.3, 0.4) is 0 Å². The molecule has 1 fully saturated rings. The van der Waals surface area contributed by atoms with Crippen molar-refractivity contribution in [2.24, 2.45) is 0 Å². The largest absolute Gasteiger partial charge is 0.472 e. The second-order valence-electron chi connectivity index (χ2n) is 15.4. The molecule has 0 aromatic heterocycles. The highest BCUT2D eigenvalue weighted by atomic mass is 31.2. The van der Waals surface area contributed by atoms with E-state index in [9.17, 15) is 50.0 Å². The Morgan fingerprint density at radius 1 is 0.585 bits per heavy atom. The maximum absolute atomic E-state index is 12.9. The highest BCUT2D eigenvalue weighted by molar-refractivity contribution is 7.47. The highest BCUT2D eigenvalue weighted by Crippen LogP contribution is 2.47. The number of aliphatic hydroxyl groups excluding tert-OH is 7. The molecule has 0 spiro atoms. The van der Waals surface area contributed by atoms with Crippen LogP contribution in [0.15, 0.2) is 0 Å². The van der Waals surface area contributed by atoms with Crippen LogP contribution in [0.1, 0.15) is 181 Å². The van der Waals surface area contributed by atoms with Crippen LogP contribution in [0.4, 0.5) is 0 Å². The quantitative estimate of drug-likeness (QED) is 0.0283. The van der Waals surface area contributed by atoms with E-state index < -0.39 is 75.2 Å². The van der Waals surface area contributed by atoms with Crippen molar-refractivity contribution in [3.05, 3.63) is 0 Å². The first-order valence-electron chi connectivity index (χ1n) is 21.1. The van der Waals surface area contributed by atoms with Crippen LogP contribution in [-0.4, -0.2) is 108 Å². The van der Waals surface area contributed by atoms with Crippen molar-refractivity contribution in [1.29, 1.82) is 0 Å². The topological polar surface area (TPSA) is 226 Å². The zero-order valence-corrected chi connectivity index (χ0v) is 33.8. The molecule has 1 aliphatic carbocycles. The lowest BCUT2D eigenvalue weighted by molar-refractivity contribution is -0.220. The smallest absolute Gasteiger partial charge is 0.393 e. The molecule has 13 nitrogen and oxygen atoms in total. The van der Waals surface area contributed by atoms with Gasteiger partial charge in [-0.05, 0) is 12.8 Å². The summed E-state index contributed by atoms with van der Waals surface area (Å²) in [5.41, 5.74) is 0. The van der Waals surface area contributed by atoms with Crippen molar-refractivity contribution in [3.63, 3.8) is 0 Å². The molecular formula is C39H78NO12P. The van der Waals surface area contributed by atoms with Crippen molar-refractivity contribution >= 4 is 13.7 Å². The third kappa shape index (κ3) is 23.2. The van der Waals surface area contributed by atoms with Crippen LogP contribution in [0.2, 0.25) is 0 Å². The fourth-order valence-electron chi connectivity index (χ4n) is 6.95. The summed E-state index contributed by atoms with van der Waals surface area (Å²) in [5, 5.41) is 74.2. The number of hydrogen-bond acceptors (Lipinski definition) is 11. The molecule has 0 bridgehead atoms. The maximum atomic E-state index is 12.9. The van der Waals surface area contributed by atoms with Gasteiger partial charge in [-0.25, -0.2) is 4.57 Å². The summed E-state index contributed by atoms with van der Waals surface area (Å²) in [4.78, 5) is 23.3. The fourth-order valence-corrected chi connectivity index (χ4v) is 7.92. The summed E-state index contributed by atoms with van der Waals surface area (Å²) in [5.74, 6) is -0.562. The minimum absolute atomic E-state index is 0.218. The molecule has 0 aromatic carbocycles. The first-order chi connectivity index (χ1) is 25.3. The summed E-state index contributed by atoms with van der Waals surface area (Å²) in [7, 11) is -5.10. The van der Waals surface area contributed by atoms with Gasteiger partial charge in [-0.15, -0.1) is 0 Å². The lowest BCUT2D eigenvalue weighted by Crippen LogP contribution is -2.64. The average molecular weight is 784 g/mol. The van der Waals surface area contributed by atoms with Crippen LogP contribution in [0.25, 0.3) is 0 Å². The van der Waals surface area contributed by atoms with E-state index in [0.29, 0.717) is 12.8 Å². The molecule has 1 rings (SSSR count). The summed E-state index contributed by atoms with van der Waals surface area (Å²) >= 11 is 0. The zero-order valence-electron chi connectivity index (χ0n) is 32.9. The Kier molecular flexibility index (Phi) is 28.9. The van der Waals surface area contributed by atoms with Gasteiger partial charge < -0.3 is 46.0 Å². The van der Waals surface area contributed by atoms with Crippen LogP contribution < -0.4 is 5.32 Å². The van der Waals surface area contributed by atoms with E-state index in [1.807, 2.05) is 0 Å². The second-order valence-corrected chi connectivity index (χ2v) is 16.8. The number of aliphatic hydroxyl groups is 7. The van der Waals surface area contributed by atoms with Crippen molar-refractivity contribution in [2.45, 2.75) is 236 Å². The predicted molar refractivity (Wildman–Crippen MR) is 206 cm³/mol. The predicted octanol–water partition coefficient (Wildman–Crippen LogP) is 5.70. The number of rotatable bonds is 34. The van der Waals surface area contributed by atoms with Gasteiger partial charge in [0.1, 0.15) is 36.6 Å². The number of phosphoric acid groups is 1. The molecule has 1 saturated carbocycles. The molecule has 9 N–H and O–H groups in total. The van der Waals surface area contributed by atoms with E-state index >= 15 is 0 Å². The fraction of sp³-hybridized carbons (Fsp3) is 0.974. The van der Waals surface area contributed by atoms with Gasteiger partial charge in [0, 0.05) is 0 Å². The molecule has 0 heterocycles. The minimum atomic E-state index is -5.10. The number of phosphoric ester groups is 1. The maximum Gasteiger partial charge on any atom is 0.472 e. The van der Waals surface area contributed by atoms with Gasteiger partial charge in [0.25, 0.3) is 0 Å². The van der Waals surface area contributed by atoms with Gasteiger partial charge in [-0.1, -0.05) is 162 Å². The number of nitrogens with one attached hydrogen (secondary N) is 1. The Labute approximate surface area is 319 Å². The lowest BCUT2D eigenvalue weighted by atomic mass is 9.85. The summed E-state index contributed by atoms with van der Waals surface area (Å²) < 4.78 is 22.8. The van der Waals surface area contributed by atoms with Crippen molar-refractivity contribution in [2.75, 3.05) is 6.61 Å². The van der Waals surface area contributed by atoms with Crippen LogP contribution >= 0.6 is 7.82 Å². The SMILES string of the molecule is CCCCCCCCCCCCCCCCCC(O)C(COP(=O)(O)OC1C(O)C(O)C(O)C(O)C1O)NC(=O)CC(O)CCCCCCCCCC. The minimum Gasteiger partial charge on any atom is -0.393 e. The molecule has 0 aromatic rings. The van der Waals surface area contributed by atoms with Crippen molar-refractivity contribution < 1.29 is 59.0 Å². The third-order valence-electron chi connectivity index (χ3n) is 10.5. The second kappa shape index (κ2) is 30.4. The van der Waals surface area contributed by atoms with Gasteiger partial charge in [0.05, 0.1) is 31.3 Å². The number of hydrogen-bond donors (Lipinski definition) is 9. The Balaban J connectivity index is 2.57. The number of amides is 1. The standard InChI is InChI=1S/C39H78NO12P/c1-3-5-7-9-11-13-14-15-16-17-18-19-21-23-25-27-32(42)31(40-33(43)28-30(41)26-24-22-20-12-10-8-6-4-2)29-51-53(49,50)52-39-37(47)35(45)34(44)36(46)38(39)48/h30-32,34-39,41-42,44-48H,3-29H2,1-2H3,(H,40,43)(H,49,50). The van der Waals surface area contributed by atoms with Gasteiger partial charge >= 0.3 is 7.82 Å². The van der Waals surface area contributed by atoms with Crippen LogP contribution in [0.5, 0.6) is 0 Å². The summed E-state index contributed by atoms with van der Waals surface area (Å²) in [6, 6.07) is -1.15. The molecule has 0 radical (unpaired) electrons. The number of unbranched alkanes of at least 4 members (excludes halogenated alkanes) is 21. The van der Waals surface area contributed by atoms with E-state index in [4.69, 9.17) is 9.05 Å². The Morgan fingerprint density at radius 3 is 1.36 bits per heavy atom. The Hall–Kier alpha value is -0.700. The molecule has 1 amide bonds. The third-order valence-corrected chi connectivity index (χ3v) is 11.5. The molecule has 0 saturated heterocycles. The molecule has 316 valence electrons. The highest BCUT2D eigenvalue weighted by Gasteiger charge is 2.51. The van der Waals surface area contributed by atoms with E-state index in [0.717, 1.165) is 51.4 Å². The first kappa shape index (κ1) is 50.3. The summed E-state index contributed by atoms with van der Waals surface area (Å²) in [6.07, 6.45) is 13.2. The number of carbonyl (C=O) groups excluding carboxylic acids is 1. The summed E-state index contributed by atoms with van der Waals surface area (Å²) in [6.45, 7) is 3.73. The molecule has 0 aliphatic heterocycles. The van der Waals surface area contributed by atoms with Gasteiger partial charge in [0.15, 0.2) is 0 Å². The van der Waals surface area contributed by atoms with E-state index in [-0.39, 0.29) is 12.8 Å². The zero-order chi connectivity index (χ0) is 39.5. The number of carbonyl (C=O) groups is 1. The van der Waals surface area contributed by atoms with Gasteiger partial charge in [0.2, 0.25) is 5.91 Å². The van der Waals surface area contributed by atoms with E-state index in [2.05, 4.69) is 19.2 Å². The monoisotopic (exact) mass is 784 g/mol. The lowest BCUT2D eigenvalue weighted by Gasteiger charge is -2.41. The molecule has 8 unspecified atom stereocenters. The van der Waals surface area contributed by atoms with Crippen LogP contribution in [-0.2, 0) is 18.4 Å². The van der Waals surface area contributed by atoms with Gasteiger partial charge in [-0.3, -0.25) is 13.8 Å². The molecule has 53 heavy (non-hydrogen) atoms. The van der Waals surface area contributed by atoms with Crippen molar-refractivity contribution in [3.8, 4) is 0 Å². The van der Waals surface area contributed by atoms with Crippen molar-refractivity contribution in [1.82, 2.24) is 5.32 Å². The van der Waals surface area contributed by atoms with Crippen LogP contribution in [0, 0.1) is 0 Å². The van der Waals surface area contributed by atoms with Gasteiger partial charge in [-0.2, -0.15) is 0 Å².